The number of halogens is 5. The molecule has 3 nitrogen and oxygen atoms in total. The first kappa shape index (κ1) is 25.4. The van der Waals surface area contributed by atoms with Crippen LogP contribution in [0, 0.1) is 18.2 Å². The fourth-order valence-corrected chi connectivity index (χ4v) is 4.72. The molecule has 0 bridgehead atoms. The summed E-state index contributed by atoms with van der Waals surface area (Å²) in [6, 6.07) is 9.42. The Morgan fingerprint density at radius 2 is 1.82 bits per heavy atom. The van der Waals surface area contributed by atoms with E-state index in [1.54, 1.807) is 44.2 Å². The van der Waals surface area contributed by atoms with E-state index in [1.807, 2.05) is 6.92 Å². The minimum Gasteiger partial charge on any atom is -0.504 e. The molecule has 1 aromatic heterocycles. The molecule has 178 valence electrons. The molecule has 33 heavy (non-hydrogen) atoms. The predicted octanol–water partition coefficient (Wildman–Crippen LogP) is 7.90. The molecule has 3 aromatic rings. The Labute approximate surface area is 199 Å². The third-order valence-corrected chi connectivity index (χ3v) is 7.32. The van der Waals surface area contributed by atoms with Crippen molar-refractivity contribution in [1.29, 1.82) is 0 Å². The quantitative estimate of drug-likeness (QED) is 0.323. The molecule has 0 saturated carbocycles. The maximum absolute atomic E-state index is 15.1. The Hall–Kier alpha value is -2.19. The molecule has 2 aromatic carbocycles. The maximum Gasteiger partial charge on any atom is 0.397 e. The fourth-order valence-electron chi connectivity index (χ4n) is 3.57. The van der Waals surface area contributed by atoms with Crippen LogP contribution >= 0.6 is 23.4 Å². The van der Waals surface area contributed by atoms with Crippen LogP contribution in [0.3, 0.4) is 0 Å². The number of thioether (sulfide) groups is 1. The highest BCUT2D eigenvalue weighted by Gasteiger charge is 2.57. The van der Waals surface area contributed by atoms with Gasteiger partial charge >= 0.3 is 6.18 Å². The van der Waals surface area contributed by atoms with Gasteiger partial charge in [-0.3, -0.25) is 4.98 Å². The van der Waals surface area contributed by atoms with E-state index in [-0.39, 0.29) is 21.6 Å². The zero-order valence-electron chi connectivity index (χ0n) is 18.6. The highest BCUT2D eigenvalue weighted by atomic mass is 35.5. The van der Waals surface area contributed by atoms with Crippen molar-refractivity contribution in [3.8, 4) is 5.75 Å². The molecule has 0 fully saturated rings. The van der Waals surface area contributed by atoms with Crippen LogP contribution in [0.4, 0.5) is 23.2 Å². The van der Waals surface area contributed by atoms with E-state index in [4.69, 9.17) is 11.6 Å². The van der Waals surface area contributed by atoms with E-state index in [0.29, 0.717) is 16.6 Å². The number of phenols is 1. The lowest BCUT2D eigenvalue weighted by atomic mass is 9.78. The van der Waals surface area contributed by atoms with E-state index in [9.17, 15) is 18.3 Å². The van der Waals surface area contributed by atoms with Crippen LogP contribution in [0.5, 0.6) is 5.75 Å². The summed E-state index contributed by atoms with van der Waals surface area (Å²) in [5.74, 6) is -2.38. The minimum absolute atomic E-state index is 0.0690. The Morgan fingerprint density at radius 1 is 1.12 bits per heavy atom. The summed E-state index contributed by atoms with van der Waals surface area (Å²) in [7, 11) is 0. The number of aromatic hydroxyl groups is 1. The van der Waals surface area contributed by atoms with Crippen molar-refractivity contribution in [2.45, 2.75) is 45.2 Å². The smallest absolute Gasteiger partial charge is 0.397 e. The lowest BCUT2D eigenvalue weighted by Crippen LogP contribution is -2.46. The molecule has 0 aliphatic carbocycles. The second kappa shape index (κ2) is 9.58. The first-order chi connectivity index (χ1) is 15.3. The monoisotopic (exact) mass is 500 g/mol. The molecule has 0 spiro atoms. The van der Waals surface area contributed by atoms with Gasteiger partial charge in [0.05, 0.1) is 22.0 Å². The van der Waals surface area contributed by atoms with Crippen molar-refractivity contribution in [1.82, 2.24) is 4.98 Å². The minimum atomic E-state index is -4.69. The number of aromatic nitrogens is 1. The molecule has 0 aliphatic rings. The highest BCUT2D eigenvalue weighted by molar-refractivity contribution is 7.99. The van der Waals surface area contributed by atoms with Gasteiger partial charge in [-0.1, -0.05) is 37.6 Å². The summed E-state index contributed by atoms with van der Waals surface area (Å²) in [4.78, 5) is 4.43. The maximum atomic E-state index is 15.1. The molecule has 2 atom stereocenters. The number of pyridine rings is 1. The molecular weight excluding hydrogens is 476 g/mol. The number of hydrogen-bond acceptors (Lipinski definition) is 4. The van der Waals surface area contributed by atoms with Crippen LogP contribution in [0.2, 0.25) is 5.02 Å². The summed E-state index contributed by atoms with van der Waals surface area (Å²) in [6.45, 7) is 6.49. The van der Waals surface area contributed by atoms with E-state index in [1.165, 1.54) is 12.1 Å². The summed E-state index contributed by atoms with van der Waals surface area (Å²) < 4.78 is 58.9. The summed E-state index contributed by atoms with van der Waals surface area (Å²) in [6.07, 6.45) is -4.69. The fraction of sp³-hybridized carbons (Fsp3) is 0.375. The number of nitrogens with zero attached hydrogens (tertiary/aromatic N) is 1. The number of alkyl halides is 3. The van der Waals surface area contributed by atoms with Gasteiger partial charge in [0, 0.05) is 28.1 Å². The van der Waals surface area contributed by atoms with Crippen LogP contribution in [-0.2, 0) is 0 Å². The summed E-state index contributed by atoms with van der Waals surface area (Å²) in [5, 5.41) is 13.3. The van der Waals surface area contributed by atoms with Crippen molar-refractivity contribution in [2.75, 3.05) is 11.1 Å². The van der Waals surface area contributed by atoms with Crippen LogP contribution in [0.15, 0.2) is 42.5 Å². The Bertz CT molecular complexity index is 1160. The van der Waals surface area contributed by atoms with Gasteiger partial charge in [0.25, 0.3) is 0 Å². The first-order valence-electron chi connectivity index (χ1n) is 10.3. The van der Waals surface area contributed by atoms with Crippen molar-refractivity contribution in [2.24, 2.45) is 5.41 Å². The lowest BCUT2D eigenvalue weighted by molar-refractivity contribution is -0.215. The third kappa shape index (κ3) is 5.17. The average Bonchev–Trinajstić information content (AvgIpc) is 2.73. The van der Waals surface area contributed by atoms with Gasteiger partial charge in [0.2, 0.25) is 0 Å². The predicted molar refractivity (Wildman–Crippen MR) is 128 cm³/mol. The van der Waals surface area contributed by atoms with Gasteiger partial charge in [-0.25, -0.2) is 4.39 Å². The number of fused-ring (bicyclic) bond motifs is 1. The number of phenolic OH excluding ortho intramolecular Hbond substituents is 1. The number of benzene rings is 2. The SMILES string of the molecule is Cc1ccc2c(NC(c3ccc(Cl)c(O)c3F)C(C)(CSC(C)C)C(F)(F)F)cccc2n1. The van der Waals surface area contributed by atoms with Gasteiger partial charge in [-0.15, -0.1) is 0 Å². The second-order valence-electron chi connectivity index (χ2n) is 8.48. The van der Waals surface area contributed by atoms with Gasteiger partial charge in [-0.05, 0) is 49.4 Å². The zero-order valence-corrected chi connectivity index (χ0v) is 20.2. The van der Waals surface area contributed by atoms with E-state index in [0.717, 1.165) is 24.4 Å². The van der Waals surface area contributed by atoms with Gasteiger partial charge in [-0.2, -0.15) is 24.9 Å². The van der Waals surface area contributed by atoms with Crippen molar-refractivity contribution >= 4 is 40.0 Å². The van der Waals surface area contributed by atoms with Crippen LogP contribution in [0.25, 0.3) is 10.9 Å². The normalized spacial score (nSPS) is 15.0. The molecular formula is C24H25ClF4N2OS. The molecule has 2 N–H and O–H groups in total. The molecule has 0 amide bonds. The van der Waals surface area contributed by atoms with Gasteiger partial charge in [0.1, 0.15) is 0 Å². The molecule has 1 heterocycles. The molecule has 0 saturated heterocycles. The number of hydrogen-bond donors (Lipinski definition) is 2. The number of rotatable bonds is 7. The first-order valence-corrected chi connectivity index (χ1v) is 11.8. The van der Waals surface area contributed by atoms with E-state index >= 15 is 4.39 Å². The number of nitrogens with one attached hydrogen (secondary N) is 1. The van der Waals surface area contributed by atoms with Crippen molar-refractivity contribution < 1.29 is 22.7 Å². The number of anilines is 1. The van der Waals surface area contributed by atoms with Crippen LogP contribution in [-0.4, -0.2) is 27.3 Å². The molecule has 9 heteroatoms. The Morgan fingerprint density at radius 3 is 2.45 bits per heavy atom. The highest BCUT2D eigenvalue weighted by Crippen LogP contribution is 2.52. The molecule has 3 rings (SSSR count). The third-order valence-electron chi connectivity index (χ3n) is 5.58. The Kier molecular flexibility index (Phi) is 7.39. The zero-order chi connectivity index (χ0) is 24.6. The van der Waals surface area contributed by atoms with Crippen LogP contribution in [0.1, 0.15) is 38.1 Å². The summed E-state index contributed by atoms with van der Waals surface area (Å²) in [5.41, 5.74) is -0.965. The second-order valence-corrected chi connectivity index (χ2v) is 10.4. The van der Waals surface area contributed by atoms with E-state index in [2.05, 4.69) is 10.3 Å². The average molecular weight is 501 g/mol. The molecule has 0 radical (unpaired) electrons. The van der Waals surface area contributed by atoms with Crippen LogP contribution < -0.4 is 5.32 Å². The molecule has 2 unspecified atom stereocenters. The topological polar surface area (TPSA) is 45.1 Å². The molecule has 0 aliphatic heterocycles. The lowest BCUT2D eigenvalue weighted by Gasteiger charge is -2.41. The van der Waals surface area contributed by atoms with Gasteiger partial charge < -0.3 is 10.4 Å². The summed E-state index contributed by atoms with van der Waals surface area (Å²) >= 11 is 6.94. The van der Waals surface area contributed by atoms with Gasteiger partial charge in [0.15, 0.2) is 11.6 Å². The van der Waals surface area contributed by atoms with Crippen molar-refractivity contribution in [3.63, 3.8) is 0 Å². The number of aryl methyl sites for hydroxylation is 1. The van der Waals surface area contributed by atoms with E-state index < -0.39 is 29.2 Å². The Balaban J connectivity index is 2.23. The standard InChI is InChI=1S/C24H25ClF4N2OS/c1-13(2)33-12-23(4,24(27,28)29)22(16-10-11-17(25)21(32)20(16)26)31-19-7-5-6-18-15(19)9-8-14(3)30-18/h5-11,13,22,31-32H,12H2,1-4H3. The largest absolute Gasteiger partial charge is 0.504 e. The van der Waals surface area contributed by atoms with Crippen molar-refractivity contribution in [3.05, 3.63) is 64.6 Å².